The van der Waals surface area contributed by atoms with Gasteiger partial charge in [0.1, 0.15) is 17.2 Å². The van der Waals surface area contributed by atoms with Gasteiger partial charge in [-0.1, -0.05) is 0 Å². The Labute approximate surface area is 160 Å². The first-order valence-electron chi connectivity index (χ1n) is 8.47. The first-order chi connectivity index (χ1) is 13.0. The first-order valence-corrected chi connectivity index (χ1v) is 8.47. The van der Waals surface area contributed by atoms with E-state index in [4.69, 9.17) is 0 Å². The van der Waals surface area contributed by atoms with Gasteiger partial charge in [-0.15, -0.1) is 0 Å². The Balaban J connectivity index is 2.04. The lowest BCUT2D eigenvalue weighted by Gasteiger charge is -2.16. The van der Waals surface area contributed by atoms with Gasteiger partial charge in [0.2, 0.25) is 0 Å². The SMILES string of the molecule is CC(=O)Cc1cc(C(C)NC(=O)c2ccc(OCC(F)(F)F)cn2)cc(C)n1. The molecule has 0 saturated carbocycles. The number of amides is 1. The number of hydrogen-bond donors (Lipinski definition) is 1. The summed E-state index contributed by atoms with van der Waals surface area (Å²) in [4.78, 5) is 31.8. The largest absolute Gasteiger partial charge is 0.483 e. The highest BCUT2D eigenvalue weighted by molar-refractivity contribution is 5.92. The van der Waals surface area contributed by atoms with E-state index >= 15 is 0 Å². The zero-order valence-electron chi connectivity index (χ0n) is 15.6. The molecule has 0 aliphatic carbocycles. The van der Waals surface area contributed by atoms with Crippen LogP contribution in [0.4, 0.5) is 13.2 Å². The van der Waals surface area contributed by atoms with Gasteiger partial charge < -0.3 is 10.1 Å². The topological polar surface area (TPSA) is 81.2 Å². The number of ether oxygens (including phenoxy) is 1. The van der Waals surface area contributed by atoms with E-state index in [2.05, 4.69) is 20.0 Å². The second-order valence-corrected chi connectivity index (χ2v) is 6.39. The molecule has 0 bridgehead atoms. The third kappa shape index (κ3) is 6.64. The molecule has 6 nitrogen and oxygen atoms in total. The predicted octanol–water partition coefficient (Wildman–Crippen LogP) is 3.35. The summed E-state index contributed by atoms with van der Waals surface area (Å²) in [5.74, 6) is -0.587. The van der Waals surface area contributed by atoms with Gasteiger partial charge in [-0.2, -0.15) is 13.2 Å². The minimum Gasteiger partial charge on any atom is -0.483 e. The second kappa shape index (κ2) is 8.81. The number of pyridine rings is 2. The normalized spacial score (nSPS) is 12.4. The number of rotatable bonds is 7. The van der Waals surface area contributed by atoms with Gasteiger partial charge in [0.05, 0.1) is 12.2 Å². The van der Waals surface area contributed by atoms with Crippen molar-refractivity contribution < 1.29 is 27.5 Å². The van der Waals surface area contributed by atoms with Crippen molar-refractivity contribution >= 4 is 11.7 Å². The summed E-state index contributed by atoms with van der Waals surface area (Å²) in [5.41, 5.74) is 2.16. The molecule has 2 heterocycles. The molecule has 0 aliphatic rings. The van der Waals surface area contributed by atoms with Crippen LogP contribution in [0.3, 0.4) is 0 Å². The lowest BCUT2D eigenvalue weighted by Crippen LogP contribution is -2.27. The van der Waals surface area contributed by atoms with Crippen molar-refractivity contribution in [1.29, 1.82) is 0 Å². The van der Waals surface area contributed by atoms with Gasteiger partial charge in [-0.3, -0.25) is 14.6 Å². The highest BCUT2D eigenvalue weighted by Crippen LogP contribution is 2.19. The fourth-order valence-corrected chi connectivity index (χ4v) is 2.48. The van der Waals surface area contributed by atoms with E-state index in [0.29, 0.717) is 5.69 Å². The Bertz CT molecular complexity index is 852. The quantitative estimate of drug-likeness (QED) is 0.778. The molecular formula is C19H20F3N3O3. The van der Waals surface area contributed by atoms with E-state index in [1.54, 1.807) is 26.0 Å². The van der Waals surface area contributed by atoms with E-state index < -0.39 is 18.7 Å². The Kier molecular flexibility index (Phi) is 6.71. The van der Waals surface area contributed by atoms with Crippen molar-refractivity contribution in [2.75, 3.05) is 6.61 Å². The van der Waals surface area contributed by atoms with Gasteiger partial charge >= 0.3 is 6.18 Å². The Hall–Kier alpha value is -2.97. The molecule has 28 heavy (non-hydrogen) atoms. The van der Waals surface area contributed by atoms with Crippen LogP contribution in [0.2, 0.25) is 0 Å². The molecule has 1 unspecified atom stereocenters. The molecule has 0 spiro atoms. The average Bonchev–Trinajstić information content (AvgIpc) is 2.58. The van der Waals surface area contributed by atoms with Crippen LogP contribution < -0.4 is 10.1 Å². The van der Waals surface area contributed by atoms with Crippen molar-refractivity contribution in [2.24, 2.45) is 0 Å². The van der Waals surface area contributed by atoms with E-state index in [1.807, 2.05) is 0 Å². The summed E-state index contributed by atoms with van der Waals surface area (Å²) in [6.45, 7) is 3.61. The van der Waals surface area contributed by atoms with Crippen LogP contribution in [0.15, 0.2) is 30.5 Å². The van der Waals surface area contributed by atoms with Gasteiger partial charge in [-0.05, 0) is 50.6 Å². The van der Waals surface area contributed by atoms with Crippen LogP contribution in [-0.4, -0.2) is 34.4 Å². The Morgan fingerprint density at radius 2 is 1.96 bits per heavy atom. The number of carbonyl (C=O) groups is 2. The molecule has 1 atom stereocenters. The number of alkyl halides is 3. The minimum atomic E-state index is -4.45. The number of nitrogens with zero attached hydrogens (tertiary/aromatic N) is 2. The summed E-state index contributed by atoms with van der Waals surface area (Å²) in [5, 5.41) is 2.76. The summed E-state index contributed by atoms with van der Waals surface area (Å²) in [7, 11) is 0. The average molecular weight is 395 g/mol. The predicted molar refractivity (Wildman–Crippen MR) is 95.0 cm³/mol. The zero-order chi connectivity index (χ0) is 20.9. The van der Waals surface area contributed by atoms with Crippen LogP contribution in [0.25, 0.3) is 0 Å². The highest BCUT2D eigenvalue weighted by atomic mass is 19.4. The molecule has 0 radical (unpaired) electrons. The molecule has 2 aromatic heterocycles. The molecule has 2 aromatic rings. The molecule has 1 amide bonds. The summed E-state index contributed by atoms with van der Waals surface area (Å²) < 4.78 is 41.0. The molecule has 2 rings (SSSR count). The van der Waals surface area contributed by atoms with E-state index in [-0.39, 0.29) is 29.7 Å². The van der Waals surface area contributed by atoms with E-state index in [9.17, 15) is 22.8 Å². The molecule has 0 aromatic carbocycles. The molecule has 0 fully saturated rings. The maximum atomic E-state index is 12.3. The summed E-state index contributed by atoms with van der Waals surface area (Å²) >= 11 is 0. The molecular weight excluding hydrogens is 375 g/mol. The third-order valence-corrected chi connectivity index (χ3v) is 3.68. The fraction of sp³-hybridized carbons (Fsp3) is 0.368. The smallest absolute Gasteiger partial charge is 0.422 e. The number of aryl methyl sites for hydroxylation is 1. The number of halogens is 3. The number of carbonyl (C=O) groups excluding carboxylic acids is 2. The monoisotopic (exact) mass is 395 g/mol. The zero-order valence-corrected chi connectivity index (χ0v) is 15.6. The van der Waals surface area contributed by atoms with Crippen molar-refractivity contribution in [2.45, 2.75) is 39.4 Å². The van der Waals surface area contributed by atoms with Crippen molar-refractivity contribution in [3.63, 3.8) is 0 Å². The standard InChI is InChI=1S/C19H20F3N3O3/c1-11-6-14(8-15(24-11)7-12(2)26)13(3)25-18(27)17-5-4-16(9-23-17)28-10-19(20,21)22/h4-6,8-9,13H,7,10H2,1-3H3,(H,25,27). The molecule has 1 N–H and O–H groups in total. The Morgan fingerprint density at radius 3 is 2.54 bits per heavy atom. The van der Waals surface area contributed by atoms with E-state index in [1.165, 1.54) is 19.1 Å². The number of nitrogens with one attached hydrogen (secondary N) is 1. The maximum Gasteiger partial charge on any atom is 0.422 e. The minimum absolute atomic E-state index is 0.0160. The van der Waals surface area contributed by atoms with Gasteiger partial charge in [-0.25, -0.2) is 4.98 Å². The van der Waals surface area contributed by atoms with Gasteiger partial charge in [0, 0.05) is 17.8 Å². The van der Waals surface area contributed by atoms with Crippen LogP contribution >= 0.6 is 0 Å². The fourth-order valence-electron chi connectivity index (χ4n) is 2.48. The molecule has 9 heteroatoms. The lowest BCUT2D eigenvalue weighted by molar-refractivity contribution is -0.153. The van der Waals surface area contributed by atoms with Crippen molar-refractivity contribution in [3.8, 4) is 5.75 Å². The number of ketones is 1. The molecule has 0 aliphatic heterocycles. The molecule has 150 valence electrons. The van der Waals surface area contributed by atoms with Crippen molar-refractivity contribution in [3.05, 3.63) is 53.1 Å². The van der Waals surface area contributed by atoms with E-state index in [0.717, 1.165) is 17.5 Å². The van der Waals surface area contributed by atoms with Crippen LogP contribution in [0.5, 0.6) is 5.75 Å². The van der Waals surface area contributed by atoms with Gasteiger partial charge in [0.15, 0.2) is 6.61 Å². The third-order valence-electron chi connectivity index (χ3n) is 3.68. The van der Waals surface area contributed by atoms with Gasteiger partial charge in [0.25, 0.3) is 5.91 Å². The van der Waals surface area contributed by atoms with Crippen LogP contribution in [-0.2, 0) is 11.2 Å². The number of Topliss-reactive ketones (excluding diaryl/α,β-unsaturated/α-hetero) is 1. The van der Waals surface area contributed by atoms with Crippen molar-refractivity contribution in [1.82, 2.24) is 15.3 Å². The second-order valence-electron chi connectivity index (χ2n) is 6.39. The number of aromatic nitrogens is 2. The summed E-state index contributed by atoms with van der Waals surface area (Å²) in [6, 6.07) is 5.70. The van der Waals surface area contributed by atoms with Crippen LogP contribution in [0, 0.1) is 6.92 Å². The lowest BCUT2D eigenvalue weighted by atomic mass is 10.1. The highest BCUT2D eigenvalue weighted by Gasteiger charge is 2.28. The Morgan fingerprint density at radius 1 is 1.25 bits per heavy atom. The van der Waals surface area contributed by atoms with Crippen LogP contribution in [0.1, 0.15) is 47.3 Å². The maximum absolute atomic E-state index is 12.3. The summed E-state index contributed by atoms with van der Waals surface area (Å²) in [6.07, 6.45) is -3.18. The number of hydrogen-bond acceptors (Lipinski definition) is 5. The molecule has 0 saturated heterocycles. The first kappa shape index (κ1) is 21.3.